The van der Waals surface area contributed by atoms with Crippen molar-refractivity contribution >= 4 is 10.7 Å². The third-order valence-electron chi connectivity index (χ3n) is 1.20. The van der Waals surface area contributed by atoms with E-state index in [1.807, 2.05) is 20.8 Å². The van der Waals surface area contributed by atoms with Crippen molar-refractivity contribution in [2.24, 2.45) is 5.41 Å². The number of hydrogen-bond acceptors (Lipinski definition) is 2. The van der Waals surface area contributed by atoms with E-state index in [1.54, 1.807) is 13.8 Å². The van der Waals surface area contributed by atoms with E-state index in [9.17, 15) is 8.42 Å². The first-order valence-corrected chi connectivity index (χ1v) is 5.02. The Labute approximate surface area is 76.3 Å². The molecule has 0 heterocycles. The van der Waals surface area contributed by atoms with E-state index in [-0.39, 0.29) is 5.41 Å². The maximum Gasteiger partial charge on any atom is 0.156 e. The number of rotatable bonds is 1. The lowest BCUT2D eigenvalue weighted by molar-refractivity contribution is 0.567. The van der Waals surface area contributed by atoms with Gasteiger partial charge >= 0.3 is 0 Å². The standard InChI is InChI=1S/C9H16O2S/c1-8(2,3)6-7-9(4,5)12(10)11/h12H,1-5H3. The average Bonchev–Trinajstić information content (AvgIpc) is 1.82. The Morgan fingerprint density at radius 2 is 1.33 bits per heavy atom. The fourth-order valence-electron chi connectivity index (χ4n) is 0.386. The zero-order valence-corrected chi connectivity index (χ0v) is 9.16. The maximum atomic E-state index is 10.7. The van der Waals surface area contributed by atoms with E-state index >= 15 is 0 Å². The highest BCUT2D eigenvalue weighted by Crippen LogP contribution is 2.13. The quantitative estimate of drug-likeness (QED) is 0.499. The van der Waals surface area contributed by atoms with Crippen molar-refractivity contribution in [2.45, 2.75) is 39.4 Å². The molecule has 0 fully saturated rings. The van der Waals surface area contributed by atoms with Crippen LogP contribution in [0.15, 0.2) is 0 Å². The van der Waals surface area contributed by atoms with Gasteiger partial charge in [-0.25, -0.2) is 8.42 Å². The van der Waals surface area contributed by atoms with Gasteiger partial charge in [-0.15, -0.1) is 0 Å². The van der Waals surface area contributed by atoms with Crippen molar-refractivity contribution in [3.05, 3.63) is 0 Å². The van der Waals surface area contributed by atoms with E-state index in [0.717, 1.165) is 0 Å². The molecule has 0 atom stereocenters. The Hall–Kier alpha value is -0.490. The van der Waals surface area contributed by atoms with Crippen LogP contribution in [0.2, 0.25) is 0 Å². The van der Waals surface area contributed by atoms with Crippen LogP contribution in [0, 0.1) is 17.3 Å². The second-order valence-corrected chi connectivity index (χ2v) is 5.95. The molecule has 3 heteroatoms. The summed E-state index contributed by atoms with van der Waals surface area (Å²) in [5.41, 5.74) is -0.136. The van der Waals surface area contributed by atoms with Gasteiger partial charge in [0.25, 0.3) is 0 Å². The van der Waals surface area contributed by atoms with Crippen LogP contribution in [0.4, 0.5) is 0 Å². The fraction of sp³-hybridized carbons (Fsp3) is 0.778. The van der Waals surface area contributed by atoms with Crippen LogP contribution in [0.5, 0.6) is 0 Å². The smallest absolute Gasteiger partial charge is 0.156 e. The number of thiol groups is 1. The highest BCUT2D eigenvalue weighted by Gasteiger charge is 2.18. The van der Waals surface area contributed by atoms with Crippen molar-refractivity contribution in [3.63, 3.8) is 0 Å². The lowest BCUT2D eigenvalue weighted by atomic mass is 9.97. The van der Waals surface area contributed by atoms with Gasteiger partial charge in [-0.2, -0.15) is 0 Å². The van der Waals surface area contributed by atoms with Gasteiger partial charge in [0.1, 0.15) is 4.75 Å². The second-order valence-electron chi connectivity index (χ2n) is 4.32. The minimum atomic E-state index is -2.47. The SMILES string of the molecule is CC(C)(C)C#CC(C)(C)[SH](=O)=O. The first kappa shape index (κ1) is 11.5. The number of hydrogen-bond donors (Lipinski definition) is 1. The maximum absolute atomic E-state index is 10.7. The van der Waals surface area contributed by atoms with Crippen LogP contribution in [0.3, 0.4) is 0 Å². The highest BCUT2D eigenvalue weighted by atomic mass is 32.2. The molecule has 0 radical (unpaired) electrons. The summed E-state index contributed by atoms with van der Waals surface area (Å²) in [5, 5.41) is 0. The van der Waals surface area contributed by atoms with Crippen LogP contribution in [-0.2, 0) is 10.7 Å². The summed E-state index contributed by atoms with van der Waals surface area (Å²) >= 11 is 0. The van der Waals surface area contributed by atoms with Crippen molar-refractivity contribution in [1.82, 2.24) is 0 Å². The highest BCUT2D eigenvalue weighted by molar-refractivity contribution is 7.74. The predicted molar refractivity (Wildman–Crippen MR) is 51.6 cm³/mol. The van der Waals surface area contributed by atoms with Crippen LogP contribution >= 0.6 is 0 Å². The summed E-state index contributed by atoms with van der Waals surface area (Å²) in [7, 11) is -2.47. The Bertz CT molecular complexity index is 274. The second kappa shape index (κ2) is 3.49. The van der Waals surface area contributed by atoms with Crippen molar-refractivity contribution < 1.29 is 8.42 Å². The molecule has 0 aromatic carbocycles. The minimum Gasteiger partial charge on any atom is -0.230 e. The Morgan fingerprint density at radius 3 is 1.58 bits per heavy atom. The molecule has 0 aliphatic carbocycles. The first-order chi connectivity index (χ1) is 5.15. The lowest BCUT2D eigenvalue weighted by Crippen LogP contribution is -2.19. The molecule has 0 aliphatic heterocycles. The predicted octanol–water partition coefficient (Wildman–Crippen LogP) is 1.43. The normalized spacial score (nSPS) is 12.5. The van der Waals surface area contributed by atoms with Crippen LogP contribution in [-0.4, -0.2) is 13.2 Å². The summed E-state index contributed by atoms with van der Waals surface area (Å²) in [6, 6.07) is 0. The molecule has 0 saturated carbocycles. The molecule has 0 aromatic rings. The van der Waals surface area contributed by atoms with E-state index in [2.05, 4.69) is 11.8 Å². The molecule has 70 valence electrons. The molecular weight excluding hydrogens is 172 g/mol. The van der Waals surface area contributed by atoms with E-state index in [0.29, 0.717) is 0 Å². The molecule has 0 rings (SSSR count). The summed E-state index contributed by atoms with van der Waals surface area (Å²) in [4.78, 5) is 0. The molecule has 0 aromatic heterocycles. The molecule has 0 N–H and O–H groups in total. The largest absolute Gasteiger partial charge is 0.230 e. The van der Waals surface area contributed by atoms with Crippen molar-refractivity contribution in [1.29, 1.82) is 0 Å². The molecule has 0 unspecified atom stereocenters. The lowest BCUT2D eigenvalue weighted by Gasteiger charge is -2.11. The van der Waals surface area contributed by atoms with Gasteiger partial charge in [-0.05, 0) is 34.6 Å². The third-order valence-corrected chi connectivity index (χ3v) is 2.22. The molecule has 0 spiro atoms. The summed E-state index contributed by atoms with van der Waals surface area (Å²) in [6.45, 7) is 9.07. The third kappa shape index (κ3) is 4.40. The van der Waals surface area contributed by atoms with Gasteiger partial charge in [0.2, 0.25) is 0 Å². The van der Waals surface area contributed by atoms with Gasteiger partial charge in [-0.3, -0.25) is 0 Å². The molecule has 0 aliphatic rings. The minimum absolute atomic E-state index is 0.136. The van der Waals surface area contributed by atoms with Crippen LogP contribution in [0.25, 0.3) is 0 Å². The van der Waals surface area contributed by atoms with Gasteiger partial charge < -0.3 is 0 Å². The van der Waals surface area contributed by atoms with Gasteiger partial charge in [-0.1, -0.05) is 11.8 Å². The molecule has 12 heavy (non-hydrogen) atoms. The van der Waals surface area contributed by atoms with Crippen molar-refractivity contribution in [2.75, 3.05) is 0 Å². The van der Waals surface area contributed by atoms with E-state index in [4.69, 9.17) is 0 Å². The monoisotopic (exact) mass is 188 g/mol. The Morgan fingerprint density at radius 1 is 0.917 bits per heavy atom. The first-order valence-electron chi connectivity index (χ1n) is 3.84. The Kier molecular flexibility index (Phi) is 3.34. The van der Waals surface area contributed by atoms with Gasteiger partial charge in [0.05, 0.1) is 0 Å². The molecule has 0 bridgehead atoms. The molecule has 0 saturated heterocycles. The van der Waals surface area contributed by atoms with Crippen molar-refractivity contribution in [3.8, 4) is 11.8 Å². The molecular formula is C9H16O2S. The Balaban J connectivity index is 4.73. The average molecular weight is 188 g/mol. The summed E-state index contributed by atoms with van der Waals surface area (Å²) < 4.78 is 20.4. The zero-order valence-electron chi connectivity index (χ0n) is 8.26. The van der Waals surface area contributed by atoms with E-state index < -0.39 is 15.5 Å². The topological polar surface area (TPSA) is 34.1 Å². The van der Waals surface area contributed by atoms with E-state index in [1.165, 1.54) is 0 Å². The molecule has 2 nitrogen and oxygen atoms in total. The van der Waals surface area contributed by atoms with Crippen LogP contribution in [0.1, 0.15) is 34.6 Å². The zero-order chi connectivity index (χ0) is 9.99. The van der Waals surface area contributed by atoms with Crippen LogP contribution < -0.4 is 0 Å². The van der Waals surface area contributed by atoms with Gasteiger partial charge in [0, 0.05) is 5.41 Å². The fourth-order valence-corrected chi connectivity index (χ4v) is 0.533. The summed E-state index contributed by atoms with van der Waals surface area (Å²) in [6.07, 6.45) is 0. The summed E-state index contributed by atoms with van der Waals surface area (Å²) in [5.74, 6) is 5.66. The molecule has 0 amide bonds. The van der Waals surface area contributed by atoms with Gasteiger partial charge in [0.15, 0.2) is 10.7 Å².